The zero-order valence-electron chi connectivity index (χ0n) is 15.4. The van der Waals surface area contributed by atoms with Gasteiger partial charge in [0.05, 0.1) is 5.60 Å². The molecule has 2 aliphatic heterocycles. The second-order valence-corrected chi connectivity index (χ2v) is 7.26. The Hall–Kier alpha value is -2.80. The number of fused-ring (bicyclic) bond motifs is 1. The van der Waals surface area contributed by atoms with Gasteiger partial charge in [0.2, 0.25) is 18.6 Å². The van der Waals surface area contributed by atoms with Crippen molar-refractivity contribution in [3.8, 4) is 23.1 Å². The van der Waals surface area contributed by atoms with Gasteiger partial charge in [-0.25, -0.2) is 4.98 Å². The van der Waals surface area contributed by atoms with Crippen molar-refractivity contribution in [3.63, 3.8) is 0 Å². The minimum atomic E-state index is -0.291. The molecule has 1 atom stereocenters. The van der Waals surface area contributed by atoms with E-state index in [0.717, 1.165) is 0 Å². The van der Waals surface area contributed by atoms with Crippen molar-refractivity contribution >= 4 is 11.6 Å². The van der Waals surface area contributed by atoms with Crippen LogP contribution >= 0.6 is 0 Å². The fraction of sp³-hybridized carbons (Fsp3) is 0.400. The highest BCUT2D eigenvalue weighted by Crippen LogP contribution is 2.37. The topological polar surface area (TPSA) is 78.9 Å². The van der Waals surface area contributed by atoms with Crippen LogP contribution in [0.3, 0.4) is 0 Å². The molecule has 2 aliphatic rings. The molecule has 0 saturated carbocycles. The van der Waals surface area contributed by atoms with Crippen molar-refractivity contribution in [2.24, 2.45) is 5.92 Å². The fourth-order valence-corrected chi connectivity index (χ4v) is 3.31. The first kappa shape index (κ1) is 17.6. The van der Waals surface area contributed by atoms with Crippen molar-refractivity contribution in [1.82, 2.24) is 4.98 Å². The lowest BCUT2D eigenvalue weighted by atomic mass is 9.88. The Morgan fingerprint density at radius 1 is 1.26 bits per heavy atom. The van der Waals surface area contributed by atoms with Crippen LogP contribution < -0.4 is 19.5 Å². The number of hydrogen-bond acceptors (Lipinski definition) is 6. The number of aromatic nitrogens is 1. The Morgan fingerprint density at radius 3 is 2.96 bits per heavy atom. The maximum Gasteiger partial charge on any atom is 0.243 e. The van der Waals surface area contributed by atoms with E-state index in [1.165, 1.54) is 0 Å². The first-order valence-electron chi connectivity index (χ1n) is 8.97. The summed E-state index contributed by atoms with van der Waals surface area (Å²) in [6.07, 6.45) is 3.00. The van der Waals surface area contributed by atoms with Crippen molar-refractivity contribution < 1.29 is 23.7 Å². The molecule has 7 nitrogen and oxygen atoms in total. The van der Waals surface area contributed by atoms with Crippen LogP contribution in [0.1, 0.15) is 26.7 Å². The molecule has 0 radical (unpaired) electrons. The number of nitrogens with one attached hydrogen (secondary N) is 1. The lowest BCUT2D eigenvalue weighted by molar-refractivity contribution is -0.130. The van der Waals surface area contributed by atoms with E-state index in [4.69, 9.17) is 18.9 Å². The van der Waals surface area contributed by atoms with Gasteiger partial charge in [0.15, 0.2) is 11.5 Å². The molecule has 1 aromatic heterocycles. The standard InChI is InChI=1S/C20H22N2O5/c1-20(2)11-13(7-9-26-20)18(23)22-15-4-3-8-21-19(15)27-14-5-6-16-17(10-14)25-12-24-16/h3-6,8,10,13H,7,9,11-12H2,1-2H3,(H,22,23)/t13-/m0/s1. The van der Waals surface area contributed by atoms with E-state index >= 15 is 0 Å². The molecule has 1 amide bonds. The van der Waals surface area contributed by atoms with Crippen molar-refractivity contribution in [1.29, 1.82) is 0 Å². The zero-order chi connectivity index (χ0) is 18.9. The average molecular weight is 370 g/mol. The quantitative estimate of drug-likeness (QED) is 0.883. The molecule has 1 N–H and O–H groups in total. The summed E-state index contributed by atoms with van der Waals surface area (Å²) in [4.78, 5) is 17.0. The van der Waals surface area contributed by atoms with Crippen molar-refractivity contribution in [2.75, 3.05) is 18.7 Å². The summed E-state index contributed by atoms with van der Waals surface area (Å²) in [6.45, 7) is 4.79. The Kier molecular flexibility index (Phi) is 4.61. The Balaban J connectivity index is 1.49. The number of nitrogens with zero attached hydrogens (tertiary/aromatic N) is 1. The largest absolute Gasteiger partial charge is 0.454 e. The fourth-order valence-electron chi connectivity index (χ4n) is 3.31. The summed E-state index contributed by atoms with van der Waals surface area (Å²) in [5.41, 5.74) is 0.241. The first-order chi connectivity index (χ1) is 13.0. The van der Waals surface area contributed by atoms with Gasteiger partial charge in [-0.2, -0.15) is 0 Å². The van der Waals surface area contributed by atoms with Crippen LogP contribution in [-0.4, -0.2) is 29.9 Å². The number of hydrogen-bond donors (Lipinski definition) is 1. The van der Waals surface area contributed by atoms with Gasteiger partial charge in [-0.15, -0.1) is 0 Å². The molecule has 1 fully saturated rings. The van der Waals surface area contributed by atoms with E-state index in [-0.39, 0.29) is 24.2 Å². The molecular weight excluding hydrogens is 348 g/mol. The van der Waals surface area contributed by atoms with Crippen LogP contribution in [0, 0.1) is 5.92 Å². The van der Waals surface area contributed by atoms with Crippen LogP contribution in [-0.2, 0) is 9.53 Å². The minimum Gasteiger partial charge on any atom is -0.454 e. The Morgan fingerprint density at radius 2 is 2.11 bits per heavy atom. The van der Waals surface area contributed by atoms with Crippen molar-refractivity contribution in [2.45, 2.75) is 32.3 Å². The molecule has 7 heteroatoms. The molecule has 142 valence electrons. The Bertz CT molecular complexity index is 852. The maximum absolute atomic E-state index is 12.7. The number of carbonyl (C=O) groups is 1. The third kappa shape index (κ3) is 3.98. The van der Waals surface area contributed by atoms with E-state index < -0.39 is 0 Å². The monoisotopic (exact) mass is 370 g/mol. The number of benzene rings is 1. The van der Waals surface area contributed by atoms with Crippen LogP contribution in [0.25, 0.3) is 0 Å². The second-order valence-electron chi connectivity index (χ2n) is 7.26. The molecule has 0 bridgehead atoms. The molecule has 3 heterocycles. The van der Waals surface area contributed by atoms with Gasteiger partial charge < -0.3 is 24.3 Å². The molecule has 4 rings (SSSR count). The summed E-state index contributed by atoms with van der Waals surface area (Å²) in [5, 5.41) is 2.95. The van der Waals surface area contributed by atoms with Gasteiger partial charge in [-0.3, -0.25) is 4.79 Å². The molecular formula is C20H22N2O5. The molecule has 1 saturated heterocycles. The number of anilines is 1. The first-order valence-corrected chi connectivity index (χ1v) is 8.97. The van der Waals surface area contributed by atoms with Crippen LogP contribution in [0.15, 0.2) is 36.5 Å². The predicted octanol–water partition coefficient (Wildman–Crippen LogP) is 3.75. The summed E-state index contributed by atoms with van der Waals surface area (Å²) >= 11 is 0. The van der Waals surface area contributed by atoms with Gasteiger partial charge >= 0.3 is 0 Å². The molecule has 0 spiro atoms. The van der Waals surface area contributed by atoms with Crippen LogP contribution in [0.5, 0.6) is 23.1 Å². The highest BCUT2D eigenvalue weighted by atomic mass is 16.7. The second kappa shape index (κ2) is 7.08. The normalized spacial score (nSPS) is 20.1. The predicted molar refractivity (Wildman–Crippen MR) is 98.3 cm³/mol. The molecule has 27 heavy (non-hydrogen) atoms. The highest BCUT2D eigenvalue weighted by molar-refractivity contribution is 5.93. The molecule has 0 aliphatic carbocycles. The number of rotatable bonds is 4. The average Bonchev–Trinajstić information content (AvgIpc) is 3.10. The highest BCUT2D eigenvalue weighted by Gasteiger charge is 2.33. The smallest absolute Gasteiger partial charge is 0.243 e. The molecule has 1 aromatic carbocycles. The molecule has 0 unspecified atom stereocenters. The molecule has 2 aromatic rings. The van der Waals surface area contributed by atoms with E-state index in [0.29, 0.717) is 48.3 Å². The number of pyridine rings is 1. The summed E-state index contributed by atoms with van der Waals surface area (Å²) in [7, 11) is 0. The van der Waals surface area contributed by atoms with Crippen molar-refractivity contribution in [3.05, 3.63) is 36.5 Å². The summed E-state index contributed by atoms with van der Waals surface area (Å²) < 4.78 is 22.2. The third-order valence-corrected chi connectivity index (χ3v) is 4.66. The van der Waals surface area contributed by atoms with Crippen LogP contribution in [0.4, 0.5) is 5.69 Å². The van der Waals surface area contributed by atoms with Gasteiger partial charge in [0.25, 0.3) is 0 Å². The third-order valence-electron chi connectivity index (χ3n) is 4.66. The van der Waals surface area contributed by atoms with Gasteiger partial charge in [0.1, 0.15) is 11.4 Å². The van der Waals surface area contributed by atoms with Gasteiger partial charge in [-0.1, -0.05) is 0 Å². The Labute approximate surface area is 157 Å². The minimum absolute atomic E-state index is 0.0464. The van der Waals surface area contributed by atoms with E-state index in [2.05, 4.69) is 10.3 Å². The summed E-state index contributed by atoms with van der Waals surface area (Å²) in [5.74, 6) is 2.04. The SMILES string of the molecule is CC1(C)C[C@@H](C(=O)Nc2cccnc2Oc2ccc3c(c2)OCO3)CCO1. The van der Waals surface area contributed by atoms with E-state index in [1.54, 1.807) is 36.5 Å². The zero-order valence-corrected chi connectivity index (χ0v) is 15.4. The lowest BCUT2D eigenvalue weighted by Gasteiger charge is -2.34. The number of carbonyl (C=O) groups excluding carboxylic acids is 1. The van der Waals surface area contributed by atoms with E-state index in [9.17, 15) is 4.79 Å². The van der Waals surface area contributed by atoms with Gasteiger partial charge in [-0.05, 0) is 51.0 Å². The number of ether oxygens (including phenoxy) is 4. The van der Waals surface area contributed by atoms with E-state index in [1.807, 2.05) is 13.8 Å². The lowest BCUT2D eigenvalue weighted by Crippen LogP contribution is -2.39. The maximum atomic E-state index is 12.7. The van der Waals surface area contributed by atoms with Gasteiger partial charge in [0, 0.05) is 24.8 Å². The number of amides is 1. The van der Waals surface area contributed by atoms with Crippen LogP contribution in [0.2, 0.25) is 0 Å². The summed E-state index contributed by atoms with van der Waals surface area (Å²) in [6, 6.07) is 8.83.